The van der Waals surface area contributed by atoms with Crippen LogP contribution in [0.1, 0.15) is 25.3 Å². The van der Waals surface area contributed by atoms with Crippen molar-refractivity contribution in [2.75, 3.05) is 38.8 Å². The number of esters is 1. The predicted octanol–water partition coefficient (Wildman–Crippen LogP) is 2.77. The molecule has 2 rings (SSSR count). The first-order chi connectivity index (χ1) is 12.0. The number of nitrogens with zero attached hydrogens (tertiary/aromatic N) is 1. The fraction of sp³-hybridized carbons (Fsp3) is 0.579. The van der Waals surface area contributed by atoms with Crippen LogP contribution in [0.15, 0.2) is 24.3 Å². The van der Waals surface area contributed by atoms with Gasteiger partial charge in [0.05, 0.1) is 24.9 Å². The third-order valence-corrected chi connectivity index (χ3v) is 5.29. The molecule has 0 N–H and O–H groups in total. The Kier molecular flexibility index (Phi) is 7.17. The molecule has 1 aromatic carbocycles. The highest BCUT2D eigenvalue weighted by Gasteiger charge is 2.43. The number of amides is 1. The van der Waals surface area contributed by atoms with E-state index in [0.29, 0.717) is 44.7 Å². The smallest absolute Gasteiger partial charge is 0.312 e. The molecule has 0 bridgehead atoms. The van der Waals surface area contributed by atoms with E-state index in [-0.39, 0.29) is 11.9 Å². The third kappa shape index (κ3) is 4.91. The van der Waals surface area contributed by atoms with Crippen molar-refractivity contribution in [3.63, 3.8) is 0 Å². The monoisotopic (exact) mass is 365 g/mol. The lowest BCUT2D eigenvalue weighted by atomic mass is 9.73. The number of hydrogen-bond donors (Lipinski definition) is 0. The van der Waals surface area contributed by atoms with Gasteiger partial charge in [-0.3, -0.25) is 9.59 Å². The molecule has 0 aromatic heterocycles. The van der Waals surface area contributed by atoms with Crippen LogP contribution < -0.4 is 4.74 Å². The first-order valence-corrected chi connectivity index (χ1v) is 10.0. The standard InChI is InChI=1S/C19H27NO4S/c1-4-24-18(22)19(13-15-5-7-16(23-2)8-6-15)9-11-20(12-10-19)17(21)14-25-3/h5-8H,4,9-14H2,1-3H3. The van der Waals surface area contributed by atoms with Crippen molar-refractivity contribution >= 4 is 23.6 Å². The van der Waals surface area contributed by atoms with Crippen LogP contribution in [0.4, 0.5) is 0 Å². The average Bonchev–Trinajstić information content (AvgIpc) is 2.63. The molecule has 0 unspecified atom stereocenters. The number of ether oxygens (including phenoxy) is 2. The van der Waals surface area contributed by atoms with E-state index < -0.39 is 5.41 Å². The van der Waals surface area contributed by atoms with Gasteiger partial charge in [0.1, 0.15) is 5.75 Å². The van der Waals surface area contributed by atoms with Gasteiger partial charge in [-0.1, -0.05) is 12.1 Å². The molecule has 6 heteroatoms. The fourth-order valence-electron chi connectivity index (χ4n) is 3.27. The third-order valence-electron chi connectivity index (χ3n) is 4.75. The van der Waals surface area contributed by atoms with Gasteiger partial charge in [0.2, 0.25) is 5.91 Å². The van der Waals surface area contributed by atoms with E-state index in [2.05, 4.69) is 0 Å². The highest BCUT2D eigenvalue weighted by Crippen LogP contribution is 2.37. The lowest BCUT2D eigenvalue weighted by molar-refractivity contribution is -0.160. The number of methoxy groups -OCH3 is 1. The number of hydrogen-bond acceptors (Lipinski definition) is 5. The fourth-order valence-corrected chi connectivity index (χ4v) is 3.70. The molecule has 1 saturated heterocycles. The summed E-state index contributed by atoms with van der Waals surface area (Å²) in [5, 5.41) is 0. The molecule has 0 spiro atoms. The summed E-state index contributed by atoms with van der Waals surface area (Å²) in [6, 6.07) is 7.80. The van der Waals surface area contributed by atoms with Crippen molar-refractivity contribution in [3.8, 4) is 5.75 Å². The summed E-state index contributed by atoms with van der Waals surface area (Å²) in [6.07, 6.45) is 3.82. The van der Waals surface area contributed by atoms with E-state index >= 15 is 0 Å². The lowest BCUT2D eigenvalue weighted by Crippen LogP contribution is -2.48. The van der Waals surface area contributed by atoms with Crippen LogP contribution in [0.3, 0.4) is 0 Å². The Labute approximate surface area is 154 Å². The second-order valence-corrected chi connectivity index (χ2v) is 7.21. The molecule has 1 aliphatic heterocycles. The summed E-state index contributed by atoms with van der Waals surface area (Å²) in [4.78, 5) is 26.7. The van der Waals surface area contributed by atoms with Gasteiger partial charge in [0, 0.05) is 13.1 Å². The quantitative estimate of drug-likeness (QED) is 0.696. The number of thioether (sulfide) groups is 1. The zero-order valence-electron chi connectivity index (χ0n) is 15.2. The summed E-state index contributed by atoms with van der Waals surface area (Å²) in [5.74, 6) is 1.29. The van der Waals surface area contributed by atoms with Crippen LogP contribution >= 0.6 is 11.8 Å². The lowest BCUT2D eigenvalue weighted by Gasteiger charge is -2.40. The molecule has 0 saturated carbocycles. The van der Waals surface area contributed by atoms with Gasteiger partial charge in [-0.2, -0.15) is 11.8 Å². The molecular formula is C19H27NO4S. The van der Waals surface area contributed by atoms with Crippen LogP contribution in [0.25, 0.3) is 0 Å². The highest BCUT2D eigenvalue weighted by molar-refractivity contribution is 7.99. The van der Waals surface area contributed by atoms with Crippen LogP contribution in [-0.2, 0) is 20.7 Å². The Hall–Kier alpha value is -1.69. The van der Waals surface area contributed by atoms with Crippen molar-refractivity contribution in [1.29, 1.82) is 0 Å². The average molecular weight is 365 g/mol. The Morgan fingerprint density at radius 2 is 1.84 bits per heavy atom. The van der Waals surface area contributed by atoms with Crippen LogP contribution in [0.2, 0.25) is 0 Å². The Bertz CT molecular complexity index is 580. The molecule has 0 aliphatic carbocycles. The zero-order valence-corrected chi connectivity index (χ0v) is 16.1. The highest BCUT2D eigenvalue weighted by atomic mass is 32.2. The van der Waals surface area contributed by atoms with Gasteiger partial charge in [-0.05, 0) is 50.1 Å². The second kappa shape index (κ2) is 9.13. The Morgan fingerprint density at radius 1 is 1.20 bits per heavy atom. The summed E-state index contributed by atoms with van der Waals surface area (Å²) in [7, 11) is 1.64. The molecular weight excluding hydrogens is 338 g/mol. The van der Waals surface area contributed by atoms with Crippen molar-refractivity contribution in [3.05, 3.63) is 29.8 Å². The van der Waals surface area contributed by atoms with Gasteiger partial charge < -0.3 is 14.4 Å². The maximum Gasteiger partial charge on any atom is 0.312 e. The molecule has 1 aromatic rings. The topological polar surface area (TPSA) is 55.8 Å². The largest absolute Gasteiger partial charge is 0.497 e. The summed E-state index contributed by atoms with van der Waals surface area (Å²) in [5.41, 5.74) is 0.526. The van der Waals surface area contributed by atoms with E-state index in [4.69, 9.17) is 9.47 Å². The number of benzene rings is 1. The first kappa shape index (κ1) is 19.6. The Morgan fingerprint density at radius 3 is 2.36 bits per heavy atom. The molecule has 1 fully saturated rings. The van der Waals surface area contributed by atoms with Crippen LogP contribution in [-0.4, -0.2) is 55.6 Å². The molecule has 1 heterocycles. The van der Waals surface area contributed by atoms with Gasteiger partial charge in [-0.15, -0.1) is 0 Å². The second-order valence-electron chi connectivity index (χ2n) is 6.34. The zero-order chi connectivity index (χ0) is 18.3. The van der Waals surface area contributed by atoms with E-state index in [9.17, 15) is 9.59 Å². The molecule has 1 amide bonds. The number of piperidine rings is 1. The first-order valence-electron chi connectivity index (χ1n) is 8.61. The minimum atomic E-state index is -0.555. The minimum absolute atomic E-state index is 0.148. The normalized spacial score (nSPS) is 16.4. The molecule has 138 valence electrons. The number of carbonyl (C=O) groups is 2. The summed E-state index contributed by atoms with van der Waals surface area (Å²) in [6.45, 7) is 3.41. The maximum atomic E-state index is 12.7. The van der Waals surface area contributed by atoms with Crippen molar-refractivity contribution in [2.24, 2.45) is 5.41 Å². The van der Waals surface area contributed by atoms with E-state index in [1.54, 1.807) is 7.11 Å². The van der Waals surface area contributed by atoms with E-state index in [0.717, 1.165) is 11.3 Å². The number of carbonyl (C=O) groups excluding carboxylic acids is 2. The number of rotatable bonds is 7. The number of likely N-dealkylation sites (tertiary alicyclic amines) is 1. The Balaban J connectivity index is 2.13. The van der Waals surface area contributed by atoms with Crippen LogP contribution in [0.5, 0.6) is 5.75 Å². The minimum Gasteiger partial charge on any atom is -0.497 e. The molecule has 5 nitrogen and oxygen atoms in total. The van der Waals surface area contributed by atoms with Crippen molar-refractivity contribution in [1.82, 2.24) is 4.90 Å². The maximum absolute atomic E-state index is 12.7. The van der Waals surface area contributed by atoms with Crippen LogP contribution in [0, 0.1) is 5.41 Å². The summed E-state index contributed by atoms with van der Waals surface area (Å²) < 4.78 is 10.6. The summed E-state index contributed by atoms with van der Waals surface area (Å²) >= 11 is 1.53. The molecule has 0 atom stereocenters. The van der Waals surface area contributed by atoms with Gasteiger partial charge in [0.25, 0.3) is 0 Å². The SMILES string of the molecule is CCOC(=O)C1(Cc2ccc(OC)cc2)CCN(C(=O)CSC)CC1. The molecule has 25 heavy (non-hydrogen) atoms. The van der Waals surface area contributed by atoms with Gasteiger partial charge in [-0.25, -0.2) is 0 Å². The predicted molar refractivity (Wildman–Crippen MR) is 100.0 cm³/mol. The van der Waals surface area contributed by atoms with Gasteiger partial charge in [0.15, 0.2) is 0 Å². The van der Waals surface area contributed by atoms with Gasteiger partial charge >= 0.3 is 5.97 Å². The molecule has 0 radical (unpaired) electrons. The van der Waals surface area contributed by atoms with Crippen molar-refractivity contribution in [2.45, 2.75) is 26.2 Å². The van der Waals surface area contributed by atoms with Crippen molar-refractivity contribution < 1.29 is 19.1 Å². The van der Waals surface area contributed by atoms with E-state index in [1.807, 2.05) is 42.3 Å². The van der Waals surface area contributed by atoms with E-state index in [1.165, 1.54) is 11.8 Å². The molecule has 1 aliphatic rings.